The Hall–Kier alpha value is -2.84. The van der Waals surface area contributed by atoms with Gasteiger partial charge in [-0.15, -0.1) is 0 Å². The van der Waals surface area contributed by atoms with Crippen LogP contribution in [0.15, 0.2) is 18.2 Å². The Morgan fingerprint density at radius 1 is 1.07 bits per heavy atom. The first-order valence-electron chi connectivity index (χ1n) is 10.1. The first kappa shape index (κ1) is 20.4. The van der Waals surface area contributed by atoms with Gasteiger partial charge in [-0.05, 0) is 37.1 Å². The van der Waals surface area contributed by atoms with Gasteiger partial charge in [-0.3, -0.25) is 14.6 Å². The summed E-state index contributed by atoms with van der Waals surface area (Å²) in [4.78, 5) is 32.4. The van der Waals surface area contributed by atoms with Crippen molar-refractivity contribution in [3.8, 4) is 11.5 Å². The minimum atomic E-state index is -0.419. The number of nitrogens with zero attached hydrogens (tertiary/aromatic N) is 2. The molecule has 1 fully saturated rings. The summed E-state index contributed by atoms with van der Waals surface area (Å²) in [5, 5.41) is 0. The fourth-order valence-electron chi connectivity index (χ4n) is 4.12. The number of benzene rings is 1. The molecule has 2 aliphatic rings. The number of ketones is 1. The summed E-state index contributed by atoms with van der Waals surface area (Å²) in [7, 11) is 1.35. The number of rotatable bonds is 6. The molecule has 0 unspecified atom stereocenters. The number of Topliss-reactive ketones (excluding diaryl/α,β-unsaturated/α-hetero) is 1. The molecular weight excluding hydrogens is 386 g/mol. The number of aromatic nitrogens is 1. The van der Waals surface area contributed by atoms with Crippen LogP contribution in [0.3, 0.4) is 0 Å². The van der Waals surface area contributed by atoms with Crippen molar-refractivity contribution in [3.63, 3.8) is 0 Å². The van der Waals surface area contributed by atoms with E-state index in [1.54, 1.807) is 13.8 Å². The van der Waals surface area contributed by atoms with Gasteiger partial charge in [-0.1, -0.05) is 6.07 Å². The van der Waals surface area contributed by atoms with E-state index in [0.29, 0.717) is 29.1 Å². The van der Waals surface area contributed by atoms with E-state index in [0.717, 1.165) is 44.2 Å². The third-order valence-electron chi connectivity index (χ3n) is 5.78. The molecule has 1 N–H and O–H groups in total. The van der Waals surface area contributed by atoms with Crippen LogP contribution in [-0.4, -0.2) is 73.2 Å². The lowest BCUT2D eigenvalue weighted by molar-refractivity contribution is 0.0599. The highest BCUT2D eigenvalue weighted by Crippen LogP contribution is 2.32. The molecule has 0 atom stereocenters. The third-order valence-corrected chi connectivity index (χ3v) is 5.78. The lowest BCUT2D eigenvalue weighted by atomic mass is 10.1. The summed E-state index contributed by atoms with van der Waals surface area (Å²) >= 11 is 0. The van der Waals surface area contributed by atoms with Crippen molar-refractivity contribution in [1.29, 1.82) is 0 Å². The van der Waals surface area contributed by atoms with E-state index in [9.17, 15) is 9.59 Å². The summed E-state index contributed by atoms with van der Waals surface area (Å²) in [6.07, 6.45) is 0. The van der Waals surface area contributed by atoms with Gasteiger partial charge in [0.1, 0.15) is 0 Å². The van der Waals surface area contributed by atoms with Crippen molar-refractivity contribution in [2.24, 2.45) is 0 Å². The molecule has 1 aromatic carbocycles. The number of esters is 1. The lowest BCUT2D eigenvalue weighted by Crippen LogP contribution is -2.47. The number of hydrogen-bond acceptors (Lipinski definition) is 7. The Balaban J connectivity index is 1.32. The zero-order chi connectivity index (χ0) is 21.3. The van der Waals surface area contributed by atoms with Crippen molar-refractivity contribution in [1.82, 2.24) is 14.8 Å². The van der Waals surface area contributed by atoms with Crippen molar-refractivity contribution in [2.45, 2.75) is 20.4 Å². The molecule has 1 saturated heterocycles. The molecule has 0 aliphatic carbocycles. The van der Waals surface area contributed by atoms with Crippen LogP contribution < -0.4 is 9.47 Å². The third kappa shape index (κ3) is 4.06. The number of carbonyl (C=O) groups excluding carboxylic acids is 2. The van der Waals surface area contributed by atoms with Crippen LogP contribution in [0.25, 0.3) is 0 Å². The Kier molecular flexibility index (Phi) is 5.78. The lowest BCUT2D eigenvalue weighted by Gasteiger charge is -2.34. The van der Waals surface area contributed by atoms with E-state index >= 15 is 0 Å². The number of piperazine rings is 1. The van der Waals surface area contributed by atoms with Gasteiger partial charge in [0.25, 0.3) is 0 Å². The second kappa shape index (κ2) is 8.49. The molecule has 2 aromatic rings. The van der Waals surface area contributed by atoms with Gasteiger partial charge in [0.05, 0.1) is 24.9 Å². The average molecular weight is 413 g/mol. The summed E-state index contributed by atoms with van der Waals surface area (Å²) in [6, 6.07) is 6.06. The average Bonchev–Trinajstić information content (AvgIpc) is 3.32. The van der Waals surface area contributed by atoms with Crippen LogP contribution in [0.4, 0.5) is 0 Å². The number of H-pyrrole nitrogens is 1. The predicted octanol–water partition coefficient (Wildman–Crippen LogP) is 2.15. The van der Waals surface area contributed by atoms with Gasteiger partial charge in [0.15, 0.2) is 17.3 Å². The molecule has 0 spiro atoms. The first-order valence-corrected chi connectivity index (χ1v) is 10.1. The number of carbonyl (C=O) groups is 2. The highest BCUT2D eigenvalue weighted by Gasteiger charge is 2.25. The second-order valence-corrected chi connectivity index (χ2v) is 7.78. The molecule has 2 aliphatic heterocycles. The maximum Gasteiger partial charge on any atom is 0.339 e. The number of methoxy groups -OCH3 is 1. The quantitative estimate of drug-likeness (QED) is 0.574. The standard InChI is InChI=1S/C22H27N3O5/c1-14-20(22(27)28-3)15(2)23-21(14)17(26)12-25-8-6-24(7-9-25)11-16-4-5-18-19(10-16)30-13-29-18/h4-5,10,23H,6-9,11-13H2,1-3H3. The normalized spacial score (nSPS) is 16.6. The van der Waals surface area contributed by atoms with E-state index in [4.69, 9.17) is 14.2 Å². The van der Waals surface area contributed by atoms with E-state index in [1.807, 2.05) is 12.1 Å². The zero-order valence-electron chi connectivity index (χ0n) is 17.6. The fraction of sp³-hybridized carbons (Fsp3) is 0.455. The van der Waals surface area contributed by atoms with Crippen LogP contribution in [0.2, 0.25) is 0 Å². The van der Waals surface area contributed by atoms with E-state index < -0.39 is 5.97 Å². The summed E-state index contributed by atoms with van der Waals surface area (Å²) < 4.78 is 15.6. The van der Waals surface area contributed by atoms with Gasteiger partial charge < -0.3 is 19.2 Å². The Labute approximate surface area is 175 Å². The monoisotopic (exact) mass is 413 g/mol. The van der Waals surface area contributed by atoms with Crippen molar-refractivity contribution >= 4 is 11.8 Å². The minimum Gasteiger partial charge on any atom is -0.465 e. The molecule has 160 valence electrons. The van der Waals surface area contributed by atoms with Crippen molar-refractivity contribution in [2.75, 3.05) is 46.6 Å². The molecule has 4 rings (SSSR count). The van der Waals surface area contributed by atoms with Crippen LogP contribution in [0, 0.1) is 13.8 Å². The second-order valence-electron chi connectivity index (χ2n) is 7.78. The van der Waals surface area contributed by atoms with Gasteiger partial charge in [0.2, 0.25) is 6.79 Å². The number of nitrogens with one attached hydrogen (secondary N) is 1. The first-order chi connectivity index (χ1) is 14.5. The molecule has 8 heteroatoms. The number of aromatic amines is 1. The maximum absolute atomic E-state index is 12.8. The summed E-state index contributed by atoms with van der Waals surface area (Å²) in [5.41, 5.74) is 3.46. The molecule has 8 nitrogen and oxygen atoms in total. The van der Waals surface area contributed by atoms with Gasteiger partial charge >= 0.3 is 5.97 Å². The summed E-state index contributed by atoms with van der Waals surface area (Å²) in [5.74, 6) is 1.18. The molecule has 3 heterocycles. The Bertz CT molecular complexity index is 960. The Morgan fingerprint density at radius 3 is 2.50 bits per heavy atom. The Morgan fingerprint density at radius 2 is 1.77 bits per heavy atom. The van der Waals surface area contributed by atoms with Gasteiger partial charge in [-0.25, -0.2) is 4.79 Å². The summed E-state index contributed by atoms with van der Waals surface area (Å²) in [6.45, 7) is 8.44. The molecule has 0 bridgehead atoms. The smallest absolute Gasteiger partial charge is 0.339 e. The number of ether oxygens (including phenoxy) is 3. The van der Waals surface area contributed by atoms with Crippen LogP contribution in [-0.2, 0) is 11.3 Å². The van der Waals surface area contributed by atoms with E-state index in [-0.39, 0.29) is 12.6 Å². The largest absolute Gasteiger partial charge is 0.465 e. The SMILES string of the molecule is COC(=O)c1c(C)[nH]c(C(=O)CN2CCN(Cc3ccc4c(c3)OCO4)CC2)c1C. The van der Waals surface area contributed by atoms with Gasteiger partial charge in [0, 0.05) is 38.4 Å². The fourth-order valence-corrected chi connectivity index (χ4v) is 4.12. The highest BCUT2D eigenvalue weighted by atomic mass is 16.7. The molecule has 0 saturated carbocycles. The maximum atomic E-state index is 12.8. The number of aryl methyl sites for hydroxylation is 1. The van der Waals surface area contributed by atoms with Crippen LogP contribution in [0.5, 0.6) is 11.5 Å². The van der Waals surface area contributed by atoms with E-state index in [2.05, 4.69) is 20.9 Å². The molecule has 1 aromatic heterocycles. The van der Waals surface area contributed by atoms with Crippen molar-refractivity contribution < 1.29 is 23.8 Å². The van der Waals surface area contributed by atoms with E-state index in [1.165, 1.54) is 12.7 Å². The predicted molar refractivity (Wildman–Crippen MR) is 110 cm³/mol. The molecule has 0 amide bonds. The number of hydrogen-bond donors (Lipinski definition) is 1. The van der Waals surface area contributed by atoms with Crippen LogP contribution >= 0.6 is 0 Å². The topological polar surface area (TPSA) is 84.1 Å². The molecular formula is C22H27N3O5. The zero-order valence-corrected chi connectivity index (χ0v) is 17.6. The molecule has 30 heavy (non-hydrogen) atoms. The van der Waals surface area contributed by atoms with Crippen LogP contribution in [0.1, 0.15) is 37.7 Å². The van der Waals surface area contributed by atoms with Gasteiger partial charge in [-0.2, -0.15) is 0 Å². The molecule has 0 radical (unpaired) electrons. The number of fused-ring (bicyclic) bond motifs is 1. The van der Waals surface area contributed by atoms with Crippen molar-refractivity contribution in [3.05, 3.63) is 46.3 Å². The minimum absolute atomic E-state index is 0.00465. The highest BCUT2D eigenvalue weighted by molar-refractivity contribution is 6.02.